The maximum Gasteiger partial charge on any atom is 0.119 e. The lowest BCUT2D eigenvalue weighted by atomic mass is 10.0. The summed E-state index contributed by atoms with van der Waals surface area (Å²) in [6.45, 7) is 11.7. The van der Waals surface area contributed by atoms with Crippen LogP contribution >= 0.6 is 0 Å². The van der Waals surface area contributed by atoms with E-state index in [1.54, 1.807) is 0 Å². The summed E-state index contributed by atoms with van der Waals surface area (Å²) >= 11 is 0. The minimum atomic E-state index is -0.518. The van der Waals surface area contributed by atoms with Gasteiger partial charge in [-0.05, 0) is 38.5 Å². The molecule has 0 saturated carbocycles. The number of rotatable bonds is 8. The Balaban J connectivity index is 1.66. The molecular weight excluding hydrogens is 292 g/mol. The topological polar surface area (TPSA) is 54.0 Å². The van der Waals surface area contributed by atoms with Gasteiger partial charge < -0.3 is 19.9 Å². The molecule has 1 atom stereocenters. The van der Waals surface area contributed by atoms with Crippen molar-refractivity contribution in [2.45, 2.75) is 32.4 Å². The van der Waals surface area contributed by atoms with E-state index in [1.165, 1.54) is 0 Å². The van der Waals surface area contributed by atoms with E-state index < -0.39 is 6.10 Å². The van der Waals surface area contributed by atoms with Crippen LogP contribution in [0.25, 0.3) is 0 Å². The van der Waals surface area contributed by atoms with Crippen LogP contribution in [0.2, 0.25) is 0 Å². The van der Waals surface area contributed by atoms with Crippen molar-refractivity contribution in [2.24, 2.45) is 0 Å². The number of benzene rings is 1. The molecule has 0 unspecified atom stereocenters. The number of hydrogen-bond acceptors (Lipinski definition) is 5. The highest BCUT2D eigenvalue weighted by Crippen LogP contribution is 2.15. The van der Waals surface area contributed by atoms with Gasteiger partial charge in [0.15, 0.2) is 0 Å². The second-order valence-corrected chi connectivity index (χ2v) is 6.82. The Morgan fingerprint density at radius 3 is 2.78 bits per heavy atom. The summed E-state index contributed by atoms with van der Waals surface area (Å²) in [5.74, 6) is 0.803. The van der Waals surface area contributed by atoms with Crippen LogP contribution in [-0.4, -0.2) is 67.6 Å². The first-order chi connectivity index (χ1) is 11.0. The summed E-state index contributed by atoms with van der Waals surface area (Å²) in [6.07, 6.45) is -0.518. The van der Waals surface area contributed by atoms with E-state index >= 15 is 0 Å². The van der Waals surface area contributed by atoms with Crippen LogP contribution in [0.5, 0.6) is 5.75 Å². The van der Waals surface area contributed by atoms with E-state index in [0.29, 0.717) is 13.2 Å². The first kappa shape index (κ1) is 18.2. The summed E-state index contributed by atoms with van der Waals surface area (Å²) in [7, 11) is 0. The van der Waals surface area contributed by atoms with Crippen LogP contribution in [0, 0.1) is 6.92 Å². The van der Waals surface area contributed by atoms with Crippen LogP contribution < -0.4 is 10.1 Å². The number of nitrogens with one attached hydrogen (secondary N) is 1. The number of aryl methyl sites for hydroxylation is 1. The second-order valence-electron chi connectivity index (χ2n) is 6.82. The lowest BCUT2D eigenvalue weighted by Crippen LogP contribution is -2.55. The van der Waals surface area contributed by atoms with Gasteiger partial charge in [-0.15, -0.1) is 0 Å². The van der Waals surface area contributed by atoms with Crippen molar-refractivity contribution in [1.82, 2.24) is 10.2 Å². The highest BCUT2D eigenvalue weighted by atomic mass is 16.5. The summed E-state index contributed by atoms with van der Waals surface area (Å²) in [4.78, 5) is 2.43. The van der Waals surface area contributed by atoms with E-state index in [-0.39, 0.29) is 5.54 Å². The molecule has 1 heterocycles. The van der Waals surface area contributed by atoms with Gasteiger partial charge in [0.2, 0.25) is 0 Å². The third kappa shape index (κ3) is 6.11. The molecule has 0 aromatic heterocycles. The summed E-state index contributed by atoms with van der Waals surface area (Å²) in [6, 6.07) is 7.87. The Labute approximate surface area is 139 Å². The quantitative estimate of drug-likeness (QED) is 0.758. The van der Waals surface area contributed by atoms with E-state index in [4.69, 9.17) is 9.47 Å². The minimum Gasteiger partial charge on any atom is -0.491 e. The molecule has 2 N–H and O–H groups in total. The number of nitrogens with zero attached hydrogens (tertiary/aromatic N) is 1. The highest BCUT2D eigenvalue weighted by Gasteiger charge is 2.27. The molecule has 0 radical (unpaired) electrons. The Bertz CT molecular complexity index is 473. The van der Waals surface area contributed by atoms with Gasteiger partial charge in [0.1, 0.15) is 18.5 Å². The molecule has 0 aliphatic carbocycles. The zero-order valence-electron chi connectivity index (χ0n) is 14.5. The van der Waals surface area contributed by atoms with E-state index in [1.807, 2.05) is 31.2 Å². The average Bonchev–Trinajstić information content (AvgIpc) is 2.54. The number of aliphatic hydroxyl groups excluding tert-OH is 1. The molecule has 1 fully saturated rings. The van der Waals surface area contributed by atoms with Crippen molar-refractivity contribution in [3.05, 3.63) is 29.8 Å². The molecule has 1 aliphatic rings. The van der Waals surface area contributed by atoms with Gasteiger partial charge in [-0.1, -0.05) is 12.1 Å². The van der Waals surface area contributed by atoms with E-state index in [0.717, 1.165) is 44.2 Å². The molecule has 0 spiro atoms. The van der Waals surface area contributed by atoms with Crippen molar-refractivity contribution < 1.29 is 14.6 Å². The minimum absolute atomic E-state index is 0.0564. The van der Waals surface area contributed by atoms with Gasteiger partial charge in [-0.3, -0.25) is 4.90 Å². The van der Waals surface area contributed by atoms with Crippen LogP contribution in [0.1, 0.15) is 19.4 Å². The third-order valence-corrected chi connectivity index (χ3v) is 4.24. The van der Waals surface area contributed by atoms with E-state index in [2.05, 4.69) is 24.1 Å². The number of ether oxygens (including phenoxy) is 2. The summed E-state index contributed by atoms with van der Waals surface area (Å²) in [5.41, 5.74) is 1.21. The SMILES string of the molecule is Cc1cccc(OC[C@@H](O)CNCC(C)(C)N2CCOCC2)c1. The molecule has 5 heteroatoms. The van der Waals surface area contributed by atoms with Gasteiger partial charge in [0.25, 0.3) is 0 Å². The predicted octanol–water partition coefficient (Wildman–Crippen LogP) is 1.44. The number of morpholine rings is 1. The smallest absolute Gasteiger partial charge is 0.119 e. The van der Waals surface area contributed by atoms with Gasteiger partial charge >= 0.3 is 0 Å². The highest BCUT2D eigenvalue weighted by molar-refractivity contribution is 5.27. The molecule has 130 valence electrons. The average molecular weight is 322 g/mol. The zero-order valence-corrected chi connectivity index (χ0v) is 14.5. The van der Waals surface area contributed by atoms with Crippen molar-refractivity contribution in [3.8, 4) is 5.75 Å². The van der Waals surface area contributed by atoms with Crippen molar-refractivity contribution in [2.75, 3.05) is 46.0 Å². The van der Waals surface area contributed by atoms with Gasteiger partial charge in [-0.25, -0.2) is 0 Å². The van der Waals surface area contributed by atoms with Gasteiger partial charge in [0, 0.05) is 31.7 Å². The lowest BCUT2D eigenvalue weighted by Gasteiger charge is -2.41. The Morgan fingerprint density at radius 2 is 2.09 bits per heavy atom. The largest absolute Gasteiger partial charge is 0.491 e. The van der Waals surface area contributed by atoms with E-state index in [9.17, 15) is 5.11 Å². The molecule has 0 bridgehead atoms. The van der Waals surface area contributed by atoms with Crippen LogP contribution in [0.4, 0.5) is 0 Å². The molecule has 0 amide bonds. The van der Waals surface area contributed by atoms with Crippen LogP contribution in [-0.2, 0) is 4.74 Å². The van der Waals surface area contributed by atoms with Gasteiger partial charge in [0.05, 0.1) is 13.2 Å². The molecule has 2 rings (SSSR count). The molecule has 1 aromatic rings. The van der Waals surface area contributed by atoms with Crippen LogP contribution in [0.15, 0.2) is 24.3 Å². The molecule has 1 aromatic carbocycles. The Hall–Kier alpha value is -1.14. The molecule has 5 nitrogen and oxygen atoms in total. The Morgan fingerprint density at radius 1 is 1.35 bits per heavy atom. The van der Waals surface area contributed by atoms with Crippen molar-refractivity contribution in [1.29, 1.82) is 0 Å². The first-order valence-electron chi connectivity index (χ1n) is 8.38. The third-order valence-electron chi connectivity index (χ3n) is 4.24. The molecular formula is C18H30N2O3. The molecule has 1 aliphatic heterocycles. The van der Waals surface area contributed by atoms with Crippen molar-refractivity contribution in [3.63, 3.8) is 0 Å². The fourth-order valence-corrected chi connectivity index (χ4v) is 2.78. The summed E-state index contributed by atoms with van der Waals surface area (Å²) in [5, 5.41) is 13.4. The maximum atomic E-state index is 10.1. The first-order valence-corrected chi connectivity index (χ1v) is 8.38. The zero-order chi connectivity index (χ0) is 16.7. The summed E-state index contributed by atoms with van der Waals surface area (Å²) < 4.78 is 11.0. The molecule has 1 saturated heterocycles. The lowest BCUT2D eigenvalue weighted by molar-refractivity contribution is -0.0107. The predicted molar refractivity (Wildman–Crippen MR) is 92.0 cm³/mol. The second kappa shape index (κ2) is 8.64. The maximum absolute atomic E-state index is 10.1. The van der Waals surface area contributed by atoms with Gasteiger partial charge in [-0.2, -0.15) is 0 Å². The fourth-order valence-electron chi connectivity index (χ4n) is 2.78. The number of aliphatic hydroxyl groups is 1. The standard InChI is InChI=1S/C18H30N2O3/c1-15-5-4-6-17(11-15)23-13-16(21)12-19-14-18(2,3)20-7-9-22-10-8-20/h4-6,11,16,19,21H,7-10,12-14H2,1-3H3/t16-/m0/s1. The number of hydrogen-bond donors (Lipinski definition) is 2. The normalized spacial score (nSPS) is 17.9. The monoisotopic (exact) mass is 322 g/mol. The molecule has 23 heavy (non-hydrogen) atoms. The van der Waals surface area contributed by atoms with Crippen molar-refractivity contribution >= 4 is 0 Å². The Kier molecular flexibility index (Phi) is 6.84. The fraction of sp³-hybridized carbons (Fsp3) is 0.667. The van der Waals surface area contributed by atoms with Crippen LogP contribution in [0.3, 0.4) is 0 Å².